The van der Waals surface area contributed by atoms with Crippen LogP contribution >= 0.6 is 0 Å². The Morgan fingerprint density at radius 2 is 2.13 bits per heavy atom. The van der Waals surface area contributed by atoms with E-state index in [1.165, 1.54) is 24.8 Å². The van der Waals surface area contributed by atoms with Gasteiger partial charge < -0.3 is 0 Å². The van der Waals surface area contributed by atoms with Gasteiger partial charge in [-0.2, -0.15) is 0 Å². The number of hydrogen-bond donors (Lipinski definition) is 0. The van der Waals surface area contributed by atoms with Crippen LogP contribution in [0.3, 0.4) is 0 Å². The van der Waals surface area contributed by atoms with E-state index in [0.29, 0.717) is 11.3 Å². The monoisotopic (exact) mass is 208 g/mol. The van der Waals surface area contributed by atoms with Gasteiger partial charge in [0, 0.05) is 0 Å². The molecule has 2 fully saturated rings. The van der Waals surface area contributed by atoms with Crippen molar-refractivity contribution < 1.29 is 4.39 Å². The lowest BCUT2D eigenvalue weighted by molar-refractivity contribution is 0.0863. The standard InChI is InChI=1S/C14H21F/c1-9(2)14-6-11-4-10(12(11)7-14)5-13(3,15)8-14/h5,9,11-12H,4,6-8H2,1-3H3. The Morgan fingerprint density at radius 1 is 1.40 bits per heavy atom. The molecule has 1 heteroatoms. The van der Waals surface area contributed by atoms with Crippen LogP contribution in [0.25, 0.3) is 0 Å². The number of allylic oxidation sites excluding steroid dienone is 2. The Balaban J connectivity index is 2.02. The van der Waals surface area contributed by atoms with Gasteiger partial charge in [-0.1, -0.05) is 19.4 Å². The third kappa shape index (κ3) is 1.24. The van der Waals surface area contributed by atoms with Crippen LogP contribution < -0.4 is 0 Å². The average molecular weight is 208 g/mol. The van der Waals surface area contributed by atoms with Crippen LogP contribution in [0, 0.1) is 23.2 Å². The van der Waals surface area contributed by atoms with Gasteiger partial charge in [-0.05, 0) is 61.9 Å². The summed E-state index contributed by atoms with van der Waals surface area (Å²) < 4.78 is 14.4. The summed E-state index contributed by atoms with van der Waals surface area (Å²) in [6.45, 7) is 6.34. The molecule has 3 aliphatic carbocycles. The predicted molar refractivity (Wildman–Crippen MR) is 60.3 cm³/mol. The van der Waals surface area contributed by atoms with Crippen LogP contribution in [-0.2, 0) is 0 Å². The summed E-state index contributed by atoms with van der Waals surface area (Å²) in [6.07, 6.45) is 6.46. The maximum Gasteiger partial charge on any atom is 0.127 e. The second-order valence-corrected chi connectivity index (χ2v) is 6.67. The van der Waals surface area contributed by atoms with Gasteiger partial charge in [0.2, 0.25) is 0 Å². The summed E-state index contributed by atoms with van der Waals surface area (Å²) >= 11 is 0. The van der Waals surface area contributed by atoms with Gasteiger partial charge >= 0.3 is 0 Å². The highest BCUT2D eigenvalue weighted by Crippen LogP contribution is 2.65. The van der Waals surface area contributed by atoms with Crippen LogP contribution in [0.15, 0.2) is 11.6 Å². The minimum atomic E-state index is -1.04. The molecule has 0 amide bonds. The van der Waals surface area contributed by atoms with E-state index in [1.54, 1.807) is 6.92 Å². The molecular weight excluding hydrogens is 187 g/mol. The quantitative estimate of drug-likeness (QED) is 0.569. The Hall–Kier alpha value is -0.330. The van der Waals surface area contributed by atoms with Crippen LogP contribution in [0.4, 0.5) is 4.39 Å². The Kier molecular flexibility index (Phi) is 1.76. The van der Waals surface area contributed by atoms with Gasteiger partial charge in [0.1, 0.15) is 5.67 Å². The molecule has 0 aromatic heterocycles. The first-order valence-electron chi connectivity index (χ1n) is 6.32. The zero-order valence-electron chi connectivity index (χ0n) is 10.0. The Bertz CT molecular complexity index is 326. The largest absolute Gasteiger partial charge is 0.240 e. The van der Waals surface area contributed by atoms with Gasteiger partial charge in [0.25, 0.3) is 0 Å². The van der Waals surface area contributed by atoms with Crippen molar-refractivity contribution in [2.75, 3.05) is 0 Å². The highest BCUT2D eigenvalue weighted by atomic mass is 19.1. The van der Waals surface area contributed by atoms with Crippen molar-refractivity contribution in [3.05, 3.63) is 11.6 Å². The molecule has 2 saturated carbocycles. The maximum atomic E-state index is 14.4. The second kappa shape index (κ2) is 2.67. The molecule has 0 saturated heterocycles. The first-order chi connectivity index (χ1) is 6.92. The SMILES string of the molecule is CC(C)C12CC3CC(=CC(C)(F)C1)C3C2. The predicted octanol–water partition coefficient (Wildman–Crippen LogP) is 4.12. The third-order valence-corrected chi connectivity index (χ3v) is 5.25. The first kappa shape index (κ1) is 9.86. The fourth-order valence-electron chi connectivity index (χ4n) is 4.41. The van der Waals surface area contributed by atoms with Crippen molar-refractivity contribution >= 4 is 0 Å². The summed E-state index contributed by atoms with van der Waals surface area (Å²) in [7, 11) is 0. The molecule has 84 valence electrons. The summed E-state index contributed by atoms with van der Waals surface area (Å²) in [5, 5.41) is 0. The lowest BCUT2D eigenvalue weighted by Gasteiger charge is -2.40. The molecule has 0 radical (unpaired) electrons. The lowest BCUT2D eigenvalue weighted by atomic mass is 9.67. The van der Waals surface area contributed by atoms with E-state index in [-0.39, 0.29) is 0 Å². The number of alkyl halides is 1. The summed E-state index contributed by atoms with van der Waals surface area (Å²) in [5.41, 5.74) is 0.692. The van der Waals surface area contributed by atoms with Crippen LogP contribution in [-0.4, -0.2) is 5.67 Å². The van der Waals surface area contributed by atoms with Crippen LogP contribution in [0.5, 0.6) is 0 Å². The van der Waals surface area contributed by atoms with E-state index in [9.17, 15) is 4.39 Å². The number of halogens is 1. The van der Waals surface area contributed by atoms with Crippen LogP contribution in [0.1, 0.15) is 46.5 Å². The van der Waals surface area contributed by atoms with Crippen molar-refractivity contribution in [1.29, 1.82) is 0 Å². The van der Waals surface area contributed by atoms with E-state index < -0.39 is 5.67 Å². The molecule has 4 unspecified atom stereocenters. The number of fused-ring (bicyclic) bond motifs is 1. The van der Waals surface area contributed by atoms with Gasteiger partial charge in [0.15, 0.2) is 0 Å². The molecule has 15 heavy (non-hydrogen) atoms. The first-order valence-corrected chi connectivity index (χ1v) is 6.32. The molecule has 3 aliphatic rings. The second-order valence-electron chi connectivity index (χ2n) is 6.67. The molecular formula is C14H21F. The summed E-state index contributed by atoms with van der Waals surface area (Å²) in [5.74, 6) is 2.28. The maximum absolute atomic E-state index is 14.4. The molecule has 0 aliphatic heterocycles. The molecule has 0 nitrogen and oxygen atoms in total. The molecule has 0 heterocycles. The van der Waals surface area contributed by atoms with Crippen molar-refractivity contribution in [3.63, 3.8) is 0 Å². The van der Waals surface area contributed by atoms with Crippen LogP contribution in [0.2, 0.25) is 0 Å². The smallest absolute Gasteiger partial charge is 0.127 e. The third-order valence-electron chi connectivity index (χ3n) is 5.25. The van der Waals surface area contributed by atoms with Crippen molar-refractivity contribution in [3.8, 4) is 0 Å². The van der Waals surface area contributed by atoms with E-state index >= 15 is 0 Å². The minimum absolute atomic E-state index is 0.299. The molecule has 2 bridgehead atoms. The minimum Gasteiger partial charge on any atom is -0.240 e. The molecule has 3 rings (SSSR count). The zero-order chi connectivity index (χ0) is 10.8. The Morgan fingerprint density at radius 3 is 2.80 bits per heavy atom. The van der Waals surface area contributed by atoms with Crippen molar-refractivity contribution in [2.24, 2.45) is 23.2 Å². The van der Waals surface area contributed by atoms with Crippen molar-refractivity contribution in [2.45, 2.75) is 52.1 Å². The fourth-order valence-corrected chi connectivity index (χ4v) is 4.41. The molecule has 0 aromatic rings. The molecule has 4 atom stereocenters. The van der Waals surface area contributed by atoms with Gasteiger partial charge in [-0.3, -0.25) is 0 Å². The topological polar surface area (TPSA) is 0 Å². The average Bonchev–Trinajstić information content (AvgIpc) is 2.30. The zero-order valence-corrected chi connectivity index (χ0v) is 10.0. The van der Waals surface area contributed by atoms with Gasteiger partial charge in [-0.15, -0.1) is 0 Å². The summed E-state index contributed by atoms with van der Waals surface area (Å²) in [6, 6.07) is 0. The van der Waals surface area contributed by atoms with E-state index in [4.69, 9.17) is 0 Å². The van der Waals surface area contributed by atoms with E-state index in [2.05, 4.69) is 13.8 Å². The van der Waals surface area contributed by atoms with Gasteiger partial charge in [0.05, 0.1) is 0 Å². The van der Waals surface area contributed by atoms with Crippen molar-refractivity contribution in [1.82, 2.24) is 0 Å². The van der Waals surface area contributed by atoms with E-state index in [1.807, 2.05) is 6.08 Å². The summed E-state index contributed by atoms with van der Waals surface area (Å²) in [4.78, 5) is 0. The number of rotatable bonds is 1. The highest BCUT2D eigenvalue weighted by Gasteiger charge is 2.57. The fraction of sp³-hybridized carbons (Fsp3) is 0.857. The normalized spacial score (nSPS) is 52.5. The Labute approximate surface area is 91.9 Å². The molecule has 0 spiro atoms. The lowest BCUT2D eigenvalue weighted by Crippen LogP contribution is -2.34. The number of hydrogen-bond acceptors (Lipinski definition) is 0. The highest BCUT2D eigenvalue weighted by molar-refractivity contribution is 5.30. The van der Waals surface area contributed by atoms with Gasteiger partial charge in [-0.25, -0.2) is 4.39 Å². The molecule has 0 N–H and O–H groups in total. The van der Waals surface area contributed by atoms with E-state index in [0.717, 1.165) is 18.3 Å². The molecule has 0 aromatic carbocycles.